The lowest BCUT2D eigenvalue weighted by Crippen LogP contribution is -2.28. The quantitative estimate of drug-likeness (QED) is 0.568. The Bertz CT molecular complexity index is 253. The summed E-state index contributed by atoms with van der Waals surface area (Å²) in [5.41, 5.74) is 0.287. The molecule has 0 aromatic rings. The number of hydrogen-bond acceptors (Lipinski definition) is 0. The van der Waals surface area contributed by atoms with E-state index in [9.17, 15) is 0 Å². The molecule has 1 saturated carbocycles. The zero-order chi connectivity index (χ0) is 9.86. The van der Waals surface area contributed by atoms with Crippen molar-refractivity contribution < 1.29 is 0 Å². The average molecular weight is 188 g/mol. The molecule has 0 heterocycles. The first-order valence-corrected chi connectivity index (χ1v) is 5.85. The lowest BCUT2D eigenvalue weighted by atomic mass is 9.66. The van der Waals surface area contributed by atoms with Crippen LogP contribution in [0.15, 0.2) is 37.0 Å². The lowest BCUT2D eigenvalue weighted by Gasteiger charge is -2.39. The van der Waals surface area contributed by atoms with Gasteiger partial charge in [-0.3, -0.25) is 0 Å². The third kappa shape index (κ3) is 1.70. The van der Waals surface area contributed by atoms with Gasteiger partial charge in [-0.1, -0.05) is 49.6 Å². The molecule has 1 atom stereocenters. The van der Waals surface area contributed by atoms with Crippen molar-refractivity contribution in [3.63, 3.8) is 0 Å². The van der Waals surface area contributed by atoms with Crippen LogP contribution in [0.4, 0.5) is 0 Å². The normalized spacial score (nSPS) is 33.1. The van der Waals surface area contributed by atoms with Crippen LogP contribution in [-0.4, -0.2) is 0 Å². The van der Waals surface area contributed by atoms with Crippen molar-refractivity contribution in [2.45, 2.75) is 38.5 Å². The monoisotopic (exact) mass is 188 g/mol. The molecule has 1 fully saturated rings. The summed E-state index contributed by atoms with van der Waals surface area (Å²) >= 11 is 0. The van der Waals surface area contributed by atoms with Crippen molar-refractivity contribution in [2.24, 2.45) is 11.3 Å². The molecule has 0 spiro atoms. The summed E-state index contributed by atoms with van der Waals surface area (Å²) in [6, 6.07) is 0. The van der Waals surface area contributed by atoms with Crippen LogP contribution in [-0.2, 0) is 0 Å². The van der Waals surface area contributed by atoms with E-state index in [-0.39, 0.29) is 5.41 Å². The summed E-state index contributed by atoms with van der Waals surface area (Å²) in [5, 5.41) is 0. The molecular weight excluding hydrogens is 168 g/mol. The largest absolute Gasteiger partial charge is 0.102 e. The van der Waals surface area contributed by atoms with Crippen LogP contribution in [0, 0.1) is 11.3 Å². The second kappa shape index (κ2) is 4.16. The van der Waals surface area contributed by atoms with Crippen molar-refractivity contribution in [3.05, 3.63) is 37.0 Å². The van der Waals surface area contributed by atoms with Crippen LogP contribution < -0.4 is 0 Å². The van der Waals surface area contributed by atoms with Crippen LogP contribution in [0.3, 0.4) is 0 Å². The molecule has 0 aromatic carbocycles. The number of allylic oxidation sites excluding steroid dienone is 5. The first kappa shape index (κ1) is 9.76. The third-order valence-corrected chi connectivity index (χ3v) is 3.87. The first-order valence-electron chi connectivity index (χ1n) is 5.85. The van der Waals surface area contributed by atoms with Gasteiger partial charge >= 0.3 is 0 Å². The summed E-state index contributed by atoms with van der Waals surface area (Å²) in [5.74, 6) is 0.843. The maximum absolute atomic E-state index is 4.05. The van der Waals surface area contributed by atoms with E-state index < -0.39 is 0 Å². The van der Waals surface area contributed by atoms with Crippen LogP contribution >= 0.6 is 0 Å². The molecule has 0 aliphatic heterocycles. The van der Waals surface area contributed by atoms with E-state index in [4.69, 9.17) is 0 Å². The van der Waals surface area contributed by atoms with Crippen LogP contribution in [0.2, 0.25) is 0 Å². The molecule has 0 N–H and O–H groups in total. The number of rotatable bonds is 2. The van der Waals surface area contributed by atoms with E-state index in [1.807, 2.05) is 0 Å². The zero-order valence-electron chi connectivity index (χ0n) is 8.91. The Morgan fingerprint density at radius 3 is 2.50 bits per heavy atom. The molecule has 0 aromatic heterocycles. The van der Waals surface area contributed by atoms with Gasteiger partial charge in [-0.25, -0.2) is 0 Å². The van der Waals surface area contributed by atoms with Crippen molar-refractivity contribution in [3.8, 4) is 0 Å². The maximum Gasteiger partial charge on any atom is 0.0124 e. The van der Waals surface area contributed by atoms with Crippen LogP contribution in [0.25, 0.3) is 0 Å². The minimum atomic E-state index is 0.287. The Morgan fingerprint density at radius 2 is 1.93 bits per heavy atom. The van der Waals surface area contributed by atoms with E-state index in [0.29, 0.717) is 0 Å². The summed E-state index contributed by atoms with van der Waals surface area (Å²) in [6.45, 7) is 4.05. The molecule has 0 saturated heterocycles. The van der Waals surface area contributed by atoms with E-state index in [0.717, 1.165) is 12.3 Å². The molecule has 2 rings (SSSR count). The highest BCUT2D eigenvalue weighted by atomic mass is 14.4. The van der Waals surface area contributed by atoms with Crippen molar-refractivity contribution in [1.82, 2.24) is 0 Å². The fourth-order valence-electron chi connectivity index (χ4n) is 2.91. The van der Waals surface area contributed by atoms with Gasteiger partial charge in [-0.15, -0.1) is 6.58 Å². The van der Waals surface area contributed by atoms with E-state index in [1.54, 1.807) is 0 Å². The molecule has 0 bridgehead atoms. The van der Waals surface area contributed by atoms with E-state index >= 15 is 0 Å². The average Bonchev–Trinajstić information content (AvgIpc) is 2.31. The van der Waals surface area contributed by atoms with E-state index in [1.165, 1.54) is 32.1 Å². The predicted molar refractivity (Wildman–Crippen MR) is 62.1 cm³/mol. The van der Waals surface area contributed by atoms with E-state index in [2.05, 4.69) is 37.0 Å². The van der Waals surface area contributed by atoms with Crippen molar-refractivity contribution in [1.29, 1.82) is 0 Å². The van der Waals surface area contributed by atoms with Gasteiger partial charge in [0, 0.05) is 5.41 Å². The molecule has 0 heteroatoms. The lowest BCUT2D eigenvalue weighted by molar-refractivity contribution is 0.221. The minimum Gasteiger partial charge on any atom is -0.102 e. The highest BCUT2D eigenvalue weighted by Gasteiger charge is 2.33. The maximum atomic E-state index is 4.05. The van der Waals surface area contributed by atoms with Gasteiger partial charge in [0.2, 0.25) is 0 Å². The summed E-state index contributed by atoms with van der Waals surface area (Å²) in [6.07, 6.45) is 19.4. The molecular formula is C14H20. The van der Waals surface area contributed by atoms with Gasteiger partial charge in [-0.2, -0.15) is 0 Å². The highest BCUT2D eigenvalue weighted by molar-refractivity contribution is 5.23. The molecule has 0 amide bonds. The van der Waals surface area contributed by atoms with Crippen molar-refractivity contribution in [2.75, 3.05) is 0 Å². The fraction of sp³-hybridized carbons (Fsp3) is 0.571. The molecule has 1 unspecified atom stereocenters. The topological polar surface area (TPSA) is 0 Å². The van der Waals surface area contributed by atoms with Gasteiger partial charge < -0.3 is 0 Å². The standard InChI is InChI=1S/C14H20/c1-2-14(11-7-4-8-12-14)13-9-5-3-6-10-13/h2,4,7-8,11,13H,1,3,5-6,9-10,12H2. The number of hydrogen-bond donors (Lipinski definition) is 0. The van der Waals surface area contributed by atoms with Gasteiger partial charge in [0.05, 0.1) is 0 Å². The Morgan fingerprint density at radius 1 is 1.14 bits per heavy atom. The molecule has 2 aliphatic carbocycles. The van der Waals surface area contributed by atoms with Crippen molar-refractivity contribution >= 4 is 0 Å². The zero-order valence-corrected chi connectivity index (χ0v) is 8.91. The van der Waals surface area contributed by atoms with Gasteiger partial charge in [0.15, 0.2) is 0 Å². The molecule has 0 radical (unpaired) electrons. The Labute approximate surface area is 87.4 Å². The van der Waals surface area contributed by atoms with Gasteiger partial charge in [0.1, 0.15) is 0 Å². The smallest absolute Gasteiger partial charge is 0.0124 e. The Hall–Kier alpha value is -0.780. The van der Waals surface area contributed by atoms with Crippen LogP contribution in [0.5, 0.6) is 0 Å². The Kier molecular flexibility index (Phi) is 2.90. The van der Waals surface area contributed by atoms with Gasteiger partial charge in [0.25, 0.3) is 0 Å². The molecule has 0 nitrogen and oxygen atoms in total. The molecule has 76 valence electrons. The summed E-state index contributed by atoms with van der Waals surface area (Å²) in [7, 11) is 0. The second-order valence-electron chi connectivity index (χ2n) is 4.64. The Balaban J connectivity index is 2.14. The third-order valence-electron chi connectivity index (χ3n) is 3.87. The molecule has 14 heavy (non-hydrogen) atoms. The summed E-state index contributed by atoms with van der Waals surface area (Å²) < 4.78 is 0. The van der Waals surface area contributed by atoms with Gasteiger partial charge in [-0.05, 0) is 25.2 Å². The summed E-state index contributed by atoms with van der Waals surface area (Å²) in [4.78, 5) is 0. The predicted octanol–water partition coefficient (Wildman–Crippen LogP) is 4.26. The first-order chi connectivity index (χ1) is 6.87. The SMILES string of the molecule is C=CC1(C2CCCCC2)C=CC=CC1. The second-order valence-corrected chi connectivity index (χ2v) is 4.64. The highest BCUT2D eigenvalue weighted by Crippen LogP contribution is 2.44. The molecule has 2 aliphatic rings. The van der Waals surface area contributed by atoms with Crippen LogP contribution in [0.1, 0.15) is 38.5 Å². The minimum absolute atomic E-state index is 0.287. The fourth-order valence-corrected chi connectivity index (χ4v) is 2.91.